The number of carboxylic acids is 1. The van der Waals surface area contributed by atoms with Crippen molar-refractivity contribution in [2.75, 3.05) is 19.7 Å². The first kappa shape index (κ1) is 15.4. The lowest BCUT2D eigenvalue weighted by atomic mass is 10.1. The van der Waals surface area contributed by atoms with Crippen LogP contribution >= 0.6 is 0 Å². The van der Waals surface area contributed by atoms with Crippen LogP contribution in [0.4, 0.5) is 0 Å². The predicted molar refractivity (Wildman–Crippen MR) is 75.7 cm³/mol. The van der Waals surface area contributed by atoms with Gasteiger partial charge in [-0.25, -0.2) is 4.79 Å². The summed E-state index contributed by atoms with van der Waals surface area (Å²) in [6.07, 6.45) is 4.17. The summed E-state index contributed by atoms with van der Waals surface area (Å²) in [6.45, 7) is 0.995. The van der Waals surface area contributed by atoms with Gasteiger partial charge in [0, 0.05) is 31.4 Å². The van der Waals surface area contributed by atoms with E-state index in [1.165, 1.54) is 0 Å². The predicted octanol–water partition coefficient (Wildman–Crippen LogP) is 1.11. The first-order valence-electron chi connectivity index (χ1n) is 7.16. The van der Waals surface area contributed by atoms with Gasteiger partial charge in [-0.15, -0.1) is 0 Å². The molecular weight excluding hydrogens is 272 g/mol. The molecule has 0 radical (unpaired) electrons. The van der Waals surface area contributed by atoms with Gasteiger partial charge in [0.25, 0.3) is 0 Å². The minimum atomic E-state index is -0.955. The number of carbonyl (C=O) groups excluding carboxylic acids is 1. The zero-order valence-electron chi connectivity index (χ0n) is 11.9. The van der Waals surface area contributed by atoms with Crippen LogP contribution in [0.1, 0.15) is 25.0 Å². The molecular formula is C15H20N2O4. The number of aliphatic carboxylic acids is 1. The maximum absolute atomic E-state index is 12.1. The summed E-state index contributed by atoms with van der Waals surface area (Å²) in [7, 11) is 0. The number of likely N-dealkylation sites (tertiary alicyclic amines) is 1. The molecule has 1 saturated heterocycles. The maximum Gasteiger partial charge on any atom is 0.329 e. The Bertz CT molecular complexity index is 470. The third kappa shape index (κ3) is 5.15. The summed E-state index contributed by atoms with van der Waals surface area (Å²) in [6, 6.07) is 5.69. The highest BCUT2D eigenvalue weighted by Gasteiger charge is 2.23. The van der Waals surface area contributed by atoms with Crippen LogP contribution in [0.2, 0.25) is 0 Å². The topological polar surface area (TPSA) is 79.7 Å². The number of aryl methyl sites for hydroxylation is 1. The maximum atomic E-state index is 12.1. The highest BCUT2D eigenvalue weighted by molar-refractivity contribution is 5.76. The molecule has 0 saturated carbocycles. The molecule has 0 atom stereocenters. The third-order valence-electron chi connectivity index (χ3n) is 3.56. The molecule has 0 bridgehead atoms. The van der Waals surface area contributed by atoms with Crippen molar-refractivity contribution in [3.8, 4) is 0 Å². The summed E-state index contributed by atoms with van der Waals surface area (Å²) in [5.41, 5.74) is 0.922. The van der Waals surface area contributed by atoms with Crippen molar-refractivity contribution in [3.63, 3.8) is 0 Å². The van der Waals surface area contributed by atoms with E-state index in [2.05, 4.69) is 4.98 Å². The van der Waals surface area contributed by atoms with E-state index in [1.54, 1.807) is 6.20 Å². The fourth-order valence-corrected chi connectivity index (χ4v) is 2.40. The summed E-state index contributed by atoms with van der Waals surface area (Å²) in [5.74, 6) is -0.832. The Morgan fingerprint density at radius 1 is 1.33 bits per heavy atom. The molecule has 6 nitrogen and oxygen atoms in total. The number of piperidine rings is 1. The monoisotopic (exact) mass is 292 g/mol. The van der Waals surface area contributed by atoms with Crippen molar-refractivity contribution in [1.29, 1.82) is 0 Å². The van der Waals surface area contributed by atoms with E-state index in [4.69, 9.17) is 9.84 Å². The van der Waals surface area contributed by atoms with Crippen LogP contribution < -0.4 is 0 Å². The summed E-state index contributed by atoms with van der Waals surface area (Å²) in [4.78, 5) is 28.6. The van der Waals surface area contributed by atoms with Gasteiger partial charge in [-0.2, -0.15) is 0 Å². The molecule has 1 N–H and O–H groups in total. The summed E-state index contributed by atoms with van der Waals surface area (Å²) >= 11 is 0. The number of hydrogen-bond donors (Lipinski definition) is 1. The van der Waals surface area contributed by atoms with E-state index < -0.39 is 5.97 Å². The molecule has 6 heteroatoms. The number of nitrogens with zero attached hydrogens (tertiary/aromatic N) is 2. The first-order valence-corrected chi connectivity index (χ1v) is 7.16. The minimum Gasteiger partial charge on any atom is -0.480 e. The average molecular weight is 292 g/mol. The van der Waals surface area contributed by atoms with Crippen LogP contribution in [0.5, 0.6) is 0 Å². The van der Waals surface area contributed by atoms with Gasteiger partial charge in [-0.3, -0.25) is 9.78 Å². The normalized spacial score (nSPS) is 15.9. The minimum absolute atomic E-state index is 0.0547. The third-order valence-corrected chi connectivity index (χ3v) is 3.56. The van der Waals surface area contributed by atoms with Gasteiger partial charge in [0.1, 0.15) is 6.61 Å². The van der Waals surface area contributed by atoms with Gasteiger partial charge >= 0.3 is 5.97 Å². The van der Waals surface area contributed by atoms with Crippen molar-refractivity contribution in [2.45, 2.75) is 31.8 Å². The molecule has 21 heavy (non-hydrogen) atoms. The number of carbonyl (C=O) groups is 2. The number of carboxylic acid groups (broad SMARTS) is 1. The highest BCUT2D eigenvalue weighted by atomic mass is 16.5. The van der Waals surface area contributed by atoms with Gasteiger partial charge in [0.05, 0.1) is 6.10 Å². The Hall–Kier alpha value is -1.95. The Kier molecular flexibility index (Phi) is 5.68. The zero-order valence-corrected chi connectivity index (χ0v) is 11.9. The van der Waals surface area contributed by atoms with Crippen LogP contribution in [0, 0.1) is 0 Å². The van der Waals surface area contributed by atoms with Crippen LogP contribution in [0.15, 0.2) is 24.4 Å². The number of ether oxygens (including phenoxy) is 1. The molecule has 1 fully saturated rings. The molecule has 2 rings (SSSR count). The largest absolute Gasteiger partial charge is 0.480 e. The zero-order chi connectivity index (χ0) is 15.1. The molecule has 1 aromatic heterocycles. The number of hydrogen-bond acceptors (Lipinski definition) is 4. The van der Waals surface area contributed by atoms with Crippen LogP contribution in [0.25, 0.3) is 0 Å². The summed E-state index contributed by atoms with van der Waals surface area (Å²) in [5, 5.41) is 8.57. The number of pyridine rings is 1. The fourth-order valence-electron chi connectivity index (χ4n) is 2.40. The number of amides is 1. The molecule has 114 valence electrons. The van der Waals surface area contributed by atoms with Gasteiger partial charge in [0.2, 0.25) is 5.91 Å². The molecule has 0 spiro atoms. The quantitative estimate of drug-likeness (QED) is 0.849. The van der Waals surface area contributed by atoms with E-state index >= 15 is 0 Å². The van der Waals surface area contributed by atoms with E-state index in [0.29, 0.717) is 38.8 Å². The van der Waals surface area contributed by atoms with Crippen LogP contribution in [-0.4, -0.2) is 52.7 Å². The van der Waals surface area contributed by atoms with Crippen molar-refractivity contribution < 1.29 is 19.4 Å². The van der Waals surface area contributed by atoms with Crippen molar-refractivity contribution >= 4 is 11.9 Å². The molecule has 0 unspecified atom stereocenters. The molecule has 1 aromatic rings. The lowest BCUT2D eigenvalue weighted by Crippen LogP contribution is -2.41. The van der Waals surface area contributed by atoms with Crippen LogP contribution in [-0.2, 0) is 20.7 Å². The van der Waals surface area contributed by atoms with Crippen molar-refractivity contribution in [3.05, 3.63) is 30.1 Å². The molecule has 2 heterocycles. The summed E-state index contributed by atoms with van der Waals surface area (Å²) < 4.78 is 5.25. The van der Waals surface area contributed by atoms with Crippen LogP contribution in [0.3, 0.4) is 0 Å². The fraction of sp³-hybridized carbons (Fsp3) is 0.533. The van der Waals surface area contributed by atoms with E-state index in [9.17, 15) is 9.59 Å². The molecule has 0 aliphatic carbocycles. The second-order valence-corrected chi connectivity index (χ2v) is 5.11. The van der Waals surface area contributed by atoms with Gasteiger partial charge in [-0.1, -0.05) is 6.07 Å². The van der Waals surface area contributed by atoms with Crippen molar-refractivity contribution in [2.24, 2.45) is 0 Å². The van der Waals surface area contributed by atoms with Gasteiger partial charge < -0.3 is 14.7 Å². The van der Waals surface area contributed by atoms with Gasteiger partial charge in [-0.05, 0) is 31.4 Å². The van der Waals surface area contributed by atoms with E-state index in [-0.39, 0.29) is 18.6 Å². The Morgan fingerprint density at radius 2 is 2.10 bits per heavy atom. The van der Waals surface area contributed by atoms with Gasteiger partial charge in [0.15, 0.2) is 0 Å². The second-order valence-electron chi connectivity index (χ2n) is 5.11. The Balaban J connectivity index is 1.69. The number of rotatable bonds is 6. The SMILES string of the molecule is O=C(O)COC1CCN(C(=O)CCc2ccccn2)CC1. The van der Waals surface area contributed by atoms with E-state index in [0.717, 1.165) is 5.69 Å². The lowest BCUT2D eigenvalue weighted by molar-refractivity contribution is -0.146. The molecule has 1 aliphatic heterocycles. The molecule has 1 amide bonds. The lowest BCUT2D eigenvalue weighted by Gasteiger charge is -2.31. The molecule has 1 aliphatic rings. The van der Waals surface area contributed by atoms with Crippen molar-refractivity contribution in [1.82, 2.24) is 9.88 Å². The molecule has 0 aromatic carbocycles. The first-order chi connectivity index (χ1) is 10.1. The van der Waals surface area contributed by atoms with E-state index in [1.807, 2.05) is 23.1 Å². The number of aromatic nitrogens is 1. The smallest absolute Gasteiger partial charge is 0.329 e. The average Bonchev–Trinajstić information content (AvgIpc) is 2.52. The standard InChI is InChI=1S/C15H20N2O4/c18-14(5-4-12-3-1-2-8-16-12)17-9-6-13(7-10-17)21-11-15(19)20/h1-3,8,13H,4-7,9-11H2,(H,19,20). The Morgan fingerprint density at radius 3 is 2.71 bits per heavy atom. The second kappa shape index (κ2) is 7.73. The highest BCUT2D eigenvalue weighted by Crippen LogP contribution is 2.15. The Labute approximate surface area is 123 Å².